The first kappa shape index (κ1) is 28.3. The summed E-state index contributed by atoms with van der Waals surface area (Å²) in [5, 5.41) is 3.24. The average molecular weight is 568 g/mol. The standard InChI is InChI=1S/C29H30ClN3O5S/c1-4-38-23-11-9-21(10-12-23)31-28(35)26-18-27(34)33(29(39-26)32-22-7-5-6-20(30)17-22)15-14-19-8-13-24(36-2)25(16-19)37-3/h5-13,16-17,26H,4,14-15,18H2,1-3H3,(H,31,35). The van der Waals surface area contributed by atoms with Crippen LogP contribution in [-0.4, -0.2) is 54.5 Å². The number of hydrogen-bond acceptors (Lipinski definition) is 7. The molecule has 0 radical (unpaired) electrons. The molecule has 1 heterocycles. The smallest absolute Gasteiger partial charge is 0.238 e. The van der Waals surface area contributed by atoms with Crippen LogP contribution in [0.25, 0.3) is 0 Å². The number of thioether (sulfide) groups is 1. The van der Waals surface area contributed by atoms with E-state index in [1.807, 2.05) is 25.1 Å². The molecule has 1 saturated heterocycles. The molecule has 2 amide bonds. The molecule has 3 aromatic carbocycles. The molecular formula is C29H30ClN3O5S. The van der Waals surface area contributed by atoms with Crippen molar-refractivity contribution in [3.05, 3.63) is 77.3 Å². The van der Waals surface area contributed by atoms with Gasteiger partial charge in [-0.25, -0.2) is 4.99 Å². The predicted molar refractivity (Wildman–Crippen MR) is 156 cm³/mol. The van der Waals surface area contributed by atoms with Crippen molar-refractivity contribution in [2.24, 2.45) is 4.99 Å². The minimum atomic E-state index is -0.640. The van der Waals surface area contributed by atoms with Crippen molar-refractivity contribution in [3.63, 3.8) is 0 Å². The van der Waals surface area contributed by atoms with Crippen LogP contribution in [0, 0.1) is 0 Å². The highest BCUT2D eigenvalue weighted by molar-refractivity contribution is 8.15. The summed E-state index contributed by atoms with van der Waals surface area (Å²) in [6.07, 6.45) is 0.609. The molecule has 10 heteroatoms. The number of amidine groups is 1. The average Bonchev–Trinajstić information content (AvgIpc) is 2.93. The van der Waals surface area contributed by atoms with Gasteiger partial charge in [-0.15, -0.1) is 0 Å². The number of nitrogens with one attached hydrogen (secondary N) is 1. The first-order valence-electron chi connectivity index (χ1n) is 12.5. The van der Waals surface area contributed by atoms with Crippen LogP contribution in [-0.2, 0) is 16.0 Å². The minimum absolute atomic E-state index is 0.0496. The summed E-state index contributed by atoms with van der Waals surface area (Å²) in [7, 11) is 3.17. The summed E-state index contributed by atoms with van der Waals surface area (Å²) in [6, 6.07) is 19.9. The van der Waals surface area contributed by atoms with Gasteiger partial charge in [0, 0.05) is 23.7 Å². The third kappa shape index (κ3) is 7.46. The highest BCUT2D eigenvalue weighted by atomic mass is 35.5. The third-order valence-electron chi connectivity index (χ3n) is 5.97. The van der Waals surface area contributed by atoms with Crippen molar-refractivity contribution < 1.29 is 23.8 Å². The van der Waals surface area contributed by atoms with E-state index in [1.54, 1.807) is 67.7 Å². The molecule has 8 nitrogen and oxygen atoms in total. The zero-order chi connectivity index (χ0) is 27.8. The maximum absolute atomic E-state index is 13.4. The lowest BCUT2D eigenvalue weighted by Gasteiger charge is -2.32. The fourth-order valence-electron chi connectivity index (χ4n) is 4.02. The number of halogens is 1. The molecule has 0 saturated carbocycles. The van der Waals surface area contributed by atoms with Crippen molar-refractivity contribution in [1.29, 1.82) is 0 Å². The second kappa shape index (κ2) is 13.4. The van der Waals surface area contributed by atoms with E-state index in [1.165, 1.54) is 11.8 Å². The zero-order valence-corrected chi connectivity index (χ0v) is 23.6. The molecule has 4 rings (SSSR count). The molecule has 0 bridgehead atoms. The first-order valence-corrected chi connectivity index (χ1v) is 13.7. The molecule has 204 valence electrons. The molecule has 1 aliphatic heterocycles. The van der Waals surface area contributed by atoms with E-state index in [-0.39, 0.29) is 18.2 Å². The number of rotatable bonds is 10. The number of nitrogens with zero attached hydrogens (tertiary/aromatic N) is 2. The lowest BCUT2D eigenvalue weighted by molar-refractivity contribution is -0.129. The molecule has 1 aliphatic rings. The van der Waals surface area contributed by atoms with Gasteiger partial charge in [0.2, 0.25) is 11.8 Å². The van der Waals surface area contributed by atoms with Gasteiger partial charge in [-0.3, -0.25) is 14.5 Å². The summed E-state index contributed by atoms with van der Waals surface area (Å²) in [5.74, 6) is 1.53. The monoisotopic (exact) mass is 567 g/mol. The van der Waals surface area contributed by atoms with Crippen LogP contribution in [0.4, 0.5) is 11.4 Å². The Kier molecular flexibility index (Phi) is 9.73. The lowest BCUT2D eigenvalue weighted by Crippen LogP contribution is -2.46. The second-order valence-corrected chi connectivity index (χ2v) is 10.2. The van der Waals surface area contributed by atoms with Crippen LogP contribution in [0.3, 0.4) is 0 Å². The Bertz CT molecular complexity index is 1350. The molecule has 0 aromatic heterocycles. The third-order valence-corrected chi connectivity index (χ3v) is 7.39. The number of ether oxygens (including phenoxy) is 3. The molecule has 0 aliphatic carbocycles. The van der Waals surface area contributed by atoms with Gasteiger partial charge in [-0.1, -0.05) is 35.5 Å². The largest absolute Gasteiger partial charge is 0.494 e. The van der Waals surface area contributed by atoms with Crippen molar-refractivity contribution in [2.45, 2.75) is 25.0 Å². The van der Waals surface area contributed by atoms with Crippen molar-refractivity contribution in [2.75, 3.05) is 32.7 Å². The van der Waals surface area contributed by atoms with Gasteiger partial charge in [0.15, 0.2) is 16.7 Å². The topological polar surface area (TPSA) is 89.5 Å². The van der Waals surface area contributed by atoms with Crippen LogP contribution in [0.1, 0.15) is 18.9 Å². The fraction of sp³-hybridized carbons (Fsp3) is 0.276. The predicted octanol–water partition coefficient (Wildman–Crippen LogP) is 5.96. The second-order valence-electron chi connectivity index (χ2n) is 8.62. The van der Waals surface area contributed by atoms with Gasteiger partial charge < -0.3 is 19.5 Å². The number of carbonyl (C=O) groups is 2. The number of amides is 2. The van der Waals surface area contributed by atoms with Crippen LogP contribution in [0.15, 0.2) is 71.7 Å². The van der Waals surface area contributed by atoms with Gasteiger partial charge in [-0.2, -0.15) is 0 Å². The zero-order valence-electron chi connectivity index (χ0n) is 22.0. The molecule has 1 unspecified atom stereocenters. The van der Waals surface area contributed by atoms with Crippen molar-refractivity contribution in [1.82, 2.24) is 4.90 Å². The first-order chi connectivity index (χ1) is 18.9. The van der Waals surface area contributed by atoms with Crippen LogP contribution in [0.2, 0.25) is 5.02 Å². The number of carbonyl (C=O) groups excluding carboxylic acids is 2. The lowest BCUT2D eigenvalue weighted by atomic mass is 10.1. The Morgan fingerprint density at radius 3 is 2.54 bits per heavy atom. The van der Waals surface area contributed by atoms with E-state index >= 15 is 0 Å². The number of methoxy groups -OCH3 is 2. The van der Waals surface area contributed by atoms with E-state index in [4.69, 9.17) is 30.8 Å². The van der Waals surface area contributed by atoms with Crippen LogP contribution >= 0.6 is 23.4 Å². The van der Waals surface area contributed by atoms with Gasteiger partial charge in [0.05, 0.1) is 26.5 Å². The number of anilines is 1. The van der Waals surface area contributed by atoms with Gasteiger partial charge in [0.1, 0.15) is 11.0 Å². The Balaban J connectivity index is 1.53. The quantitative estimate of drug-likeness (QED) is 0.325. The van der Waals surface area contributed by atoms with E-state index in [0.29, 0.717) is 52.6 Å². The van der Waals surface area contributed by atoms with Gasteiger partial charge in [-0.05, 0) is 73.5 Å². The van der Waals surface area contributed by atoms with Gasteiger partial charge >= 0.3 is 0 Å². The molecule has 39 heavy (non-hydrogen) atoms. The summed E-state index contributed by atoms with van der Waals surface area (Å²) in [6.45, 7) is 2.85. The fourth-order valence-corrected chi connectivity index (χ4v) is 5.33. The van der Waals surface area contributed by atoms with E-state index in [2.05, 4.69) is 5.32 Å². The van der Waals surface area contributed by atoms with Gasteiger partial charge in [0.25, 0.3) is 0 Å². The van der Waals surface area contributed by atoms with Crippen molar-refractivity contribution >= 4 is 51.7 Å². The highest BCUT2D eigenvalue weighted by Gasteiger charge is 2.36. The summed E-state index contributed by atoms with van der Waals surface area (Å²) >= 11 is 7.43. The molecule has 1 fully saturated rings. The van der Waals surface area contributed by atoms with Crippen LogP contribution < -0.4 is 19.5 Å². The van der Waals surface area contributed by atoms with Crippen LogP contribution in [0.5, 0.6) is 17.2 Å². The Hall–Kier alpha value is -3.69. The summed E-state index contributed by atoms with van der Waals surface area (Å²) in [5.41, 5.74) is 2.20. The van der Waals surface area contributed by atoms with E-state index in [9.17, 15) is 9.59 Å². The maximum Gasteiger partial charge on any atom is 0.238 e. The highest BCUT2D eigenvalue weighted by Crippen LogP contribution is 2.32. The number of benzene rings is 3. The Morgan fingerprint density at radius 2 is 1.85 bits per heavy atom. The summed E-state index contributed by atoms with van der Waals surface area (Å²) in [4.78, 5) is 32.9. The van der Waals surface area contributed by atoms with E-state index < -0.39 is 5.25 Å². The maximum atomic E-state index is 13.4. The van der Waals surface area contributed by atoms with Crippen molar-refractivity contribution in [3.8, 4) is 17.2 Å². The molecule has 1 N–H and O–H groups in total. The number of hydrogen-bond donors (Lipinski definition) is 1. The van der Waals surface area contributed by atoms with E-state index in [0.717, 1.165) is 11.3 Å². The minimum Gasteiger partial charge on any atom is -0.494 e. The summed E-state index contributed by atoms with van der Waals surface area (Å²) < 4.78 is 16.2. The molecule has 0 spiro atoms. The normalized spacial score (nSPS) is 16.2. The molecular weight excluding hydrogens is 538 g/mol. The Morgan fingerprint density at radius 1 is 1.08 bits per heavy atom. The Labute approximate surface area is 237 Å². The molecule has 3 aromatic rings. The SMILES string of the molecule is CCOc1ccc(NC(=O)C2CC(=O)N(CCc3ccc(OC)c(OC)c3)C(=Nc3cccc(Cl)c3)S2)cc1. The number of aliphatic imine (C=N–C) groups is 1. The molecule has 1 atom stereocenters.